The molecule has 5 aromatic rings. The van der Waals surface area contributed by atoms with Crippen LogP contribution >= 0.6 is 7.82 Å². The number of ether oxygens (including phenoxy) is 4. The Labute approximate surface area is 354 Å². The largest absolute Gasteiger partial charge is 0.746 e. The van der Waals surface area contributed by atoms with Crippen molar-refractivity contribution in [3.05, 3.63) is 157 Å². The Morgan fingerprint density at radius 2 is 1.27 bits per heavy atom. The maximum atomic E-state index is 14.5. The number of phosphoric ester groups is 1. The maximum absolute atomic E-state index is 14.5. The lowest BCUT2D eigenvalue weighted by atomic mass is 9.80. The smallest absolute Gasteiger partial charge is 0.330 e. The van der Waals surface area contributed by atoms with Gasteiger partial charge in [0.1, 0.15) is 29.4 Å². The molecule has 1 aromatic heterocycles. The molecule has 0 saturated carbocycles. The van der Waals surface area contributed by atoms with Gasteiger partial charge in [-0.2, -0.15) is 8.78 Å². The van der Waals surface area contributed by atoms with E-state index < -0.39 is 91.0 Å². The summed E-state index contributed by atoms with van der Waals surface area (Å²) >= 11 is 0. The van der Waals surface area contributed by atoms with Crippen LogP contribution in [0.5, 0.6) is 17.2 Å². The number of aromatic amines is 1. The molecule has 1 unspecified atom stereocenters. The van der Waals surface area contributed by atoms with Crippen LogP contribution < -0.4 is 35.0 Å². The average molecular weight is 892 g/mol. The molecule has 19 heteroatoms. The van der Waals surface area contributed by atoms with Crippen molar-refractivity contribution in [2.24, 2.45) is 0 Å². The van der Waals surface area contributed by atoms with Gasteiger partial charge in [0, 0.05) is 18.2 Å². The second-order valence-electron chi connectivity index (χ2n) is 14.1. The Morgan fingerprint density at radius 3 is 1.74 bits per heavy atom. The van der Waals surface area contributed by atoms with E-state index in [9.17, 15) is 41.0 Å². The molecule has 1 aliphatic heterocycles. The maximum Gasteiger partial charge on any atom is 0.330 e. The van der Waals surface area contributed by atoms with E-state index in [1.165, 1.54) is 40.8 Å². The molecular weight excluding hydrogens is 844 g/mol. The van der Waals surface area contributed by atoms with Crippen molar-refractivity contribution in [3.63, 3.8) is 0 Å². The van der Waals surface area contributed by atoms with Crippen molar-refractivity contribution >= 4 is 7.82 Å². The Balaban J connectivity index is 0.000000955. The third-order valence-corrected chi connectivity index (χ3v) is 11.3. The highest BCUT2D eigenvalue weighted by molar-refractivity contribution is 7.46. The molecule has 4 atom stereocenters. The van der Waals surface area contributed by atoms with Crippen LogP contribution in [0, 0.1) is 36.0 Å². The molecule has 0 spiro atoms. The summed E-state index contributed by atoms with van der Waals surface area (Å²) in [5, 5.41) is 0. The molecule has 1 fully saturated rings. The van der Waals surface area contributed by atoms with E-state index in [1.54, 1.807) is 83.8 Å². The van der Waals surface area contributed by atoms with Gasteiger partial charge in [-0.1, -0.05) is 54.6 Å². The molecule has 0 amide bonds. The van der Waals surface area contributed by atoms with E-state index in [0.717, 1.165) is 10.8 Å². The summed E-state index contributed by atoms with van der Waals surface area (Å²) in [6, 6.07) is 22.7. The number of aromatic nitrogens is 2. The Morgan fingerprint density at radius 1 is 0.790 bits per heavy atom. The fourth-order valence-corrected chi connectivity index (χ4v) is 7.91. The van der Waals surface area contributed by atoms with Gasteiger partial charge in [-0.05, 0) is 68.7 Å². The van der Waals surface area contributed by atoms with Crippen molar-refractivity contribution in [2.75, 3.05) is 40.5 Å². The highest BCUT2D eigenvalue weighted by Crippen LogP contribution is 2.48. The van der Waals surface area contributed by atoms with Crippen LogP contribution in [0.3, 0.4) is 0 Å². The number of H-pyrrole nitrogens is 1. The second kappa shape index (κ2) is 20.7. The Hall–Kier alpha value is -5.36. The molecular formula is C43H47F5N3O10P. The number of rotatable bonds is 16. The topological polar surface area (TPSA) is 155 Å². The predicted molar refractivity (Wildman–Crippen MR) is 215 cm³/mol. The van der Waals surface area contributed by atoms with E-state index in [1.807, 2.05) is 0 Å². The first-order chi connectivity index (χ1) is 29.5. The molecule has 62 heavy (non-hydrogen) atoms. The number of quaternary nitrogens is 1. The van der Waals surface area contributed by atoms with Crippen molar-refractivity contribution in [3.8, 4) is 17.2 Å². The van der Waals surface area contributed by atoms with Crippen LogP contribution in [0.2, 0.25) is 0 Å². The average Bonchev–Trinajstić information content (AvgIpc) is 3.67. The van der Waals surface area contributed by atoms with E-state index in [4.69, 9.17) is 23.5 Å². The zero-order chi connectivity index (χ0) is 45.4. The quantitative estimate of drug-likeness (QED) is 0.0414. The third-order valence-electron chi connectivity index (χ3n) is 10.4. The molecule has 6 rings (SSSR count). The zero-order valence-electron chi connectivity index (χ0n) is 34.7. The molecule has 2 heterocycles. The lowest BCUT2D eigenvalue weighted by Gasteiger charge is -2.37. The van der Waals surface area contributed by atoms with Crippen LogP contribution in [0.4, 0.5) is 22.0 Å². The predicted octanol–water partition coefficient (Wildman–Crippen LogP) is 5.72. The van der Waals surface area contributed by atoms with Crippen LogP contribution in [0.1, 0.15) is 55.7 Å². The lowest BCUT2D eigenvalue weighted by Crippen LogP contribution is -3.11. The summed E-state index contributed by atoms with van der Waals surface area (Å²) in [5.41, 5.74) is -1.30. The third kappa shape index (κ3) is 10.5. The molecule has 1 saturated heterocycles. The van der Waals surface area contributed by atoms with E-state index in [2.05, 4.69) is 30.3 Å². The molecule has 2 N–H and O–H groups in total. The number of methoxy groups -OCH3 is 2. The molecule has 0 bridgehead atoms. The van der Waals surface area contributed by atoms with E-state index >= 15 is 0 Å². The molecule has 4 aromatic carbocycles. The molecule has 0 radical (unpaired) electrons. The number of phosphoric acid groups is 1. The second-order valence-corrected chi connectivity index (χ2v) is 15.3. The van der Waals surface area contributed by atoms with E-state index in [-0.39, 0.29) is 5.56 Å². The number of benzene rings is 4. The Kier molecular flexibility index (Phi) is 15.9. The fourth-order valence-electron chi connectivity index (χ4n) is 6.93. The highest BCUT2D eigenvalue weighted by atomic mass is 31.2. The van der Waals surface area contributed by atoms with Crippen LogP contribution in [-0.2, 0) is 24.2 Å². The number of hydrogen-bond acceptors (Lipinski definition) is 10. The van der Waals surface area contributed by atoms with Crippen LogP contribution in [0.15, 0.2) is 94.6 Å². The normalized spacial score (nSPS) is 17.3. The first kappa shape index (κ1) is 47.7. The summed E-state index contributed by atoms with van der Waals surface area (Å²) in [6.45, 7) is 11.4. The zero-order valence-corrected chi connectivity index (χ0v) is 35.6. The van der Waals surface area contributed by atoms with Gasteiger partial charge < -0.3 is 37.8 Å². The summed E-state index contributed by atoms with van der Waals surface area (Å²) in [6.07, 6.45) is -3.75. The SMILES string of the molecule is CC[NH+](CC)CC.COc1ccc(C(OC[C@H]2O[C@@H](n3cc(C)c(=O)[nH]c3=O)C[C@@H]2OP(=O)([O-])Oc2c(F)c(F)c(F)c(F)c2F)(c2ccccc2)c2ccc(OC)cc2)cc1. The number of halogens is 5. The van der Waals surface area contributed by atoms with Gasteiger partial charge in [0.2, 0.25) is 34.8 Å². The lowest BCUT2D eigenvalue weighted by molar-refractivity contribution is -0.894. The minimum Gasteiger partial charge on any atom is -0.746 e. The standard InChI is InChI=1S/C37H32F5N2O10P.C6H15N/c1-20-18-44(36(46)43-35(20)45)28-17-26(53-55(47,48)54-34-32(41)30(39)29(38)31(40)33(34)42)27(52-28)19-51-37(21-7-5-4-6-8-21,22-9-13-24(49-2)14-10-22)23-11-15-25(50-3)16-12-23;1-4-7(5-2)6-3/h4-16,18,26-28H,17,19H2,1-3H3,(H,47,48)(H,43,45,46);4-6H2,1-3H3/t26-,27+,28+;/m0./s1. The summed E-state index contributed by atoms with van der Waals surface area (Å²) in [7, 11) is -3.02. The van der Waals surface area contributed by atoms with Crippen molar-refractivity contribution in [1.29, 1.82) is 0 Å². The summed E-state index contributed by atoms with van der Waals surface area (Å²) in [5.74, 6) is -13.6. The number of nitrogens with zero attached hydrogens (tertiary/aromatic N) is 1. The molecule has 0 aliphatic carbocycles. The van der Waals surface area contributed by atoms with Gasteiger partial charge in [0.15, 0.2) is 0 Å². The van der Waals surface area contributed by atoms with Gasteiger partial charge in [-0.3, -0.25) is 18.9 Å². The first-order valence-electron chi connectivity index (χ1n) is 19.5. The number of hydrogen-bond donors (Lipinski definition) is 2. The van der Waals surface area contributed by atoms with Crippen LogP contribution in [0.25, 0.3) is 0 Å². The van der Waals surface area contributed by atoms with Gasteiger partial charge >= 0.3 is 13.5 Å². The number of aryl methyl sites for hydroxylation is 1. The molecule has 13 nitrogen and oxygen atoms in total. The van der Waals surface area contributed by atoms with E-state index in [0.29, 0.717) is 28.2 Å². The molecule has 1 aliphatic rings. The Bertz CT molecular complexity index is 2370. The monoisotopic (exact) mass is 891 g/mol. The first-order valence-corrected chi connectivity index (χ1v) is 21.0. The van der Waals surface area contributed by atoms with Gasteiger partial charge in [0.05, 0.1) is 46.6 Å². The van der Waals surface area contributed by atoms with Gasteiger partial charge in [-0.15, -0.1) is 0 Å². The minimum atomic E-state index is -6.01. The fraction of sp³-hybridized carbons (Fsp3) is 0.349. The van der Waals surface area contributed by atoms with Crippen LogP contribution in [-0.4, -0.2) is 62.2 Å². The van der Waals surface area contributed by atoms with Gasteiger partial charge in [0.25, 0.3) is 5.56 Å². The molecule has 334 valence electrons. The van der Waals surface area contributed by atoms with Gasteiger partial charge in [-0.25, -0.2) is 18.0 Å². The number of nitrogens with one attached hydrogen (secondary N) is 2. The van der Waals surface area contributed by atoms with Crippen molar-refractivity contribution in [2.45, 2.75) is 58.2 Å². The van der Waals surface area contributed by atoms with Crippen molar-refractivity contribution in [1.82, 2.24) is 9.55 Å². The highest BCUT2D eigenvalue weighted by Gasteiger charge is 2.45. The van der Waals surface area contributed by atoms with Crippen molar-refractivity contribution < 1.29 is 64.3 Å². The summed E-state index contributed by atoms with van der Waals surface area (Å²) in [4.78, 5) is 42.0. The summed E-state index contributed by atoms with van der Waals surface area (Å²) < 4.78 is 118. The minimum absolute atomic E-state index is 0.0895.